The molecule has 3 heterocycles. The van der Waals surface area contributed by atoms with Crippen molar-refractivity contribution in [2.24, 2.45) is 13.0 Å². The minimum atomic E-state index is -0.353. The fourth-order valence-electron chi connectivity index (χ4n) is 3.67. The number of aromatic nitrogens is 2. The number of aryl methyl sites for hydroxylation is 2. The van der Waals surface area contributed by atoms with Gasteiger partial charge in [0.05, 0.1) is 4.92 Å². The largest absolute Gasteiger partial charge is 0.364 e. The zero-order valence-corrected chi connectivity index (χ0v) is 15.0. The fraction of sp³-hybridized carbons (Fsp3) is 0.562. The van der Waals surface area contributed by atoms with Gasteiger partial charge in [0.25, 0.3) is 0 Å². The number of piperidine rings is 1. The molecule has 24 heavy (non-hydrogen) atoms. The quantitative estimate of drug-likeness (QED) is 0.663. The first-order valence-electron chi connectivity index (χ1n) is 8.14. The summed E-state index contributed by atoms with van der Waals surface area (Å²) in [5.74, 6) is 0.910. The highest BCUT2D eigenvalue weighted by Gasteiger charge is 2.32. The molecule has 1 saturated heterocycles. The van der Waals surface area contributed by atoms with E-state index in [1.54, 1.807) is 30.0 Å². The van der Waals surface area contributed by atoms with Gasteiger partial charge in [0.15, 0.2) is 0 Å². The van der Waals surface area contributed by atoms with Crippen LogP contribution in [-0.2, 0) is 7.05 Å². The highest BCUT2D eigenvalue weighted by atomic mass is 32.1. The molecule has 0 unspecified atom stereocenters. The van der Waals surface area contributed by atoms with Crippen LogP contribution in [0.3, 0.4) is 0 Å². The molecule has 2 aromatic heterocycles. The molecule has 0 amide bonds. The third kappa shape index (κ3) is 3.16. The summed E-state index contributed by atoms with van der Waals surface area (Å²) >= 11 is 1.78. The van der Waals surface area contributed by atoms with E-state index < -0.39 is 0 Å². The zero-order valence-electron chi connectivity index (χ0n) is 14.2. The van der Waals surface area contributed by atoms with Crippen LogP contribution in [0.15, 0.2) is 17.5 Å². The molecule has 1 aliphatic heterocycles. The van der Waals surface area contributed by atoms with Gasteiger partial charge in [-0.3, -0.25) is 15.0 Å². The second-order valence-corrected chi connectivity index (χ2v) is 7.37. The molecule has 2 aromatic rings. The molecule has 1 fully saturated rings. The van der Waals surface area contributed by atoms with Gasteiger partial charge in [0.1, 0.15) is 5.69 Å². The Morgan fingerprint density at radius 3 is 2.96 bits per heavy atom. The summed E-state index contributed by atoms with van der Waals surface area (Å²) < 4.78 is 1.57. The van der Waals surface area contributed by atoms with Crippen LogP contribution in [0.25, 0.3) is 0 Å². The third-order valence-corrected chi connectivity index (χ3v) is 5.69. The number of likely N-dealkylation sites (tertiary alicyclic amines) is 1. The van der Waals surface area contributed by atoms with Gasteiger partial charge < -0.3 is 5.32 Å². The number of nitrogens with zero attached hydrogens (tertiary/aromatic N) is 4. The number of anilines is 1. The van der Waals surface area contributed by atoms with E-state index in [9.17, 15) is 10.1 Å². The Morgan fingerprint density at radius 2 is 2.29 bits per heavy atom. The standard InChI is InChI=1S/C16H23N5O2S/c1-11-14(21(22)23)16(20(3)18-11)17-10-12-6-4-8-19(2)15(12)13-7-5-9-24-13/h5,7,9,12,15,17H,4,6,8,10H2,1-3H3/t12-,15-/m0/s1. The van der Waals surface area contributed by atoms with Crippen LogP contribution < -0.4 is 5.32 Å². The summed E-state index contributed by atoms with van der Waals surface area (Å²) in [6.07, 6.45) is 2.27. The molecule has 8 heteroatoms. The van der Waals surface area contributed by atoms with Crippen molar-refractivity contribution in [1.29, 1.82) is 0 Å². The Kier molecular flexibility index (Phi) is 4.86. The van der Waals surface area contributed by atoms with Gasteiger partial charge >= 0.3 is 5.69 Å². The van der Waals surface area contributed by atoms with Crippen molar-refractivity contribution >= 4 is 22.8 Å². The second-order valence-electron chi connectivity index (χ2n) is 6.39. The van der Waals surface area contributed by atoms with Gasteiger partial charge in [0, 0.05) is 24.5 Å². The molecule has 1 aliphatic rings. The Balaban J connectivity index is 1.79. The molecule has 3 rings (SSSR count). The lowest BCUT2D eigenvalue weighted by atomic mass is 9.88. The first kappa shape index (κ1) is 16.9. The van der Waals surface area contributed by atoms with Crippen molar-refractivity contribution in [2.75, 3.05) is 25.5 Å². The lowest BCUT2D eigenvalue weighted by Gasteiger charge is -2.39. The first-order chi connectivity index (χ1) is 11.5. The van der Waals surface area contributed by atoms with Crippen molar-refractivity contribution in [1.82, 2.24) is 14.7 Å². The van der Waals surface area contributed by atoms with E-state index in [1.807, 2.05) is 0 Å². The number of nitrogens with one attached hydrogen (secondary N) is 1. The lowest BCUT2D eigenvalue weighted by molar-refractivity contribution is -0.384. The molecule has 0 aliphatic carbocycles. The Labute approximate surface area is 145 Å². The van der Waals surface area contributed by atoms with E-state index in [2.05, 4.69) is 39.9 Å². The van der Waals surface area contributed by atoms with E-state index in [0.717, 1.165) is 19.4 Å². The van der Waals surface area contributed by atoms with Crippen LogP contribution >= 0.6 is 11.3 Å². The maximum absolute atomic E-state index is 11.3. The fourth-order valence-corrected chi connectivity index (χ4v) is 4.66. The van der Waals surface area contributed by atoms with E-state index in [0.29, 0.717) is 30.0 Å². The Bertz CT molecular complexity index is 712. The molecule has 0 bridgehead atoms. The summed E-state index contributed by atoms with van der Waals surface area (Å²) in [4.78, 5) is 14.7. The molecule has 130 valence electrons. The monoisotopic (exact) mass is 349 g/mol. The van der Waals surface area contributed by atoms with Gasteiger partial charge in [0.2, 0.25) is 5.82 Å². The van der Waals surface area contributed by atoms with E-state index in [4.69, 9.17) is 0 Å². The molecule has 0 radical (unpaired) electrons. The van der Waals surface area contributed by atoms with Crippen LogP contribution in [0.2, 0.25) is 0 Å². The maximum atomic E-state index is 11.3. The topological polar surface area (TPSA) is 76.2 Å². The number of rotatable bonds is 5. The predicted octanol–water partition coefficient (Wildman–Crippen LogP) is 3.19. The van der Waals surface area contributed by atoms with Crippen molar-refractivity contribution < 1.29 is 4.92 Å². The normalized spacial score (nSPS) is 21.8. The Morgan fingerprint density at radius 1 is 1.50 bits per heavy atom. The van der Waals surface area contributed by atoms with Gasteiger partial charge in [-0.25, -0.2) is 4.68 Å². The van der Waals surface area contributed by atoms with Gasteiger partial charge in [-0.05, 0) is 50.7 Å². The number of hydrogen-bond donors (Lipinski definition) is 1. The number of nitro groups is 1. The summed E-state index contributed by atoms with van der Waals surface area (Å²) in [5.41, 5.74) is 0.523. The predicted molar refractivity (Wildman–Crippen MR) is 95.5 cm³/mol. The van der Waals surface area contributed by atoms with Crippen LogP contribution in [0.1, 0.15) is 29.5 Å². The number of thiophene rings is 1. The average molecular weight is 349 g/mol. The molecule has 2 atom stereocenters. The summed E-state index contributed by atoms with van der Waals surface area (Å²) in [7, 11) is 3.90. The van der Waals surface area contributed by atoms with Crippen LogP contribution in [0, 0.1) is 23.0 Å². The van der Waals surface area contributed by atoms with Gasteiger partial charge in [-0.1, -0.05) is 6.07 Å². The second kappa shape index (κ2) is 6.90. The summed E-state index contributed by atoms with van der Waals surface area (Å²) in [6, 6.07) is 4.63. The highest BCUT2D eigenvalue weighted by Crippen LogP contribution is 2.38. The molecule has 1 N–H and O–H groups in total. The SMILES string of the molecule is Cc1nn(C)c(NC[C@@H]2CCCN(C)[C@@H]2c2cccs2)c1[N+](=O)[O-]. The highest BCUT2D eigenvalue weighted by molar-refractivity contribution is 7.10. The number of hydrogen-bond acceptors (Lipinski definition) is 6. The third-order valence-electron chi connectivity index (χ3n) is 4.75. The van der Waals surface area contributed by atoms with Crippen molar-refractivity contribution in [3.63, 3.8) is 0 Å². The molecule has 0 saturated carbocycles. The van der Waals surface area contributed by atoms with Crippen LogP contribution in [-0.4, -0.2) is 39.7 Å². The molecule has 0 spiro atoms. The van der Waals surface area contributed by atoms with Gasteiger partial charge in [-0.2, -0.15) is 5.10 Å². The van der Waals surface area contributed by atoms with E-state index in [1.165, 1.54) is 4.88 Å². The summed E-state index contributed by atoms with van der Waals surface area (Å²) in [6.45, 7) is 3.46. The zero-order chi connectivity index (χ0) is 17.3. The average Bonchev–Trinajstić information content (AvgIpc) is 3.13. The summed E-state index contributed by atoms with van der Waals surface area (Å²) in [5, 5.41) is 20.9. The Hall–Kier alpha value is -1.93. The van der Waals surface area contributed by atoms with Crippen molar-refractivity contribution in [3.05, 3.63) is 38.2 Å². The maximum Gasteiger partial charge on any atom is 0.333 e. The smallest absolute Gasteiger partial charge is 0.333 e. The van der Waals surface area contributed by atoms with Crippen molar-refractivity contribution in [2.45, 2.75) is 25.8 Å². The molecule has 0 aromatic carbocycles. The van der Waals surface area contributed by atoms with E-state index in [-0.39, 0.29) is 10.6 Å². The molecular weight excluding hydrogens is 326 g/mol. The van der Waals surface area contributed by atoms with Gasteiger partial charge in [-0.15, -0.1) is 11.3 Å². The van der Waals surface area contributed by atoms with Crippen LogP contribution in [0.5, 0.6) is 0 Å². The minimum absolute atomic E-state index is 0.0781. The first-order valence-corrected chi connectivity index (χ1v) is 9.02. The molecular formula is C16H23N5O2S. The van der Waals surface area contributed by atoms with Crippen LogP contribution in [0.4, 0.5) is 11.5 Å². The van der Waals surface area contributed by atoms with Crippen molar-refractivity contribution in [3.8, 4) is 0 Å². The minimum Gasteiger partial charge on any atom is -0.364 e. The lowest BCUT2D eigenvalue weighted by Crippen LogP contribution is -2.38. The molecule has 7 nitrogen and oxygen atoms in total. The van der Waals surface area contributed by atoms with E-state index >= 15 is 0 Å².